The second-order valence-electron chi connectivity index (χ2n) is 23.0. The maximum absolute atomic E-state index is 12.7. The van der Waals surface area contributed by atoms with Crippen molar-refractivity contribution in [2.45, 2.75) is 64.6 Å². The molecule has 18 heteroatoms. The number of benzene rings is 4. The summed E-state index contributed by atoms with van der Waals surface area (Å²) in [6.07, 6.45) is 12.3. The zero-order chi connectivity index (χ0) is 57.3. The molecule has 3 saturated heterocycles. The number of hydrogen-bond acceptors (Lipinski definition) is 10. The molecule has 82 heavy (non-hydrogen) atoms. The van der Waals surface area contributed by atoms with E-state index in [9.17, 15) is 19.2 Å². The number of rotatable bonds is 8. The number of carbonyl (C=O) groups is 4. The van der Waals surface area contributed by atoms with Gasteiger partial charge in [0.2, 0.25) is 11.8 Å². The van der Waals surface area contributed by atoms with E-state index in [2.05, 4.69) is 73.8 Å². The number of amides is 4. The first kappa shape index (κ1) is 56.2. The average Bonchev–Trinajstić information content (AvgIpc) is 4.31. The van der Waals surface area contributed by atoms with Gasteiger partial charge in [0.1, 0.15) is 5.15 Å². The van der Waals surface area contributed by atoms with E-state index >= 15 is 0 Å². The minimum absolute atomic E-state index is 0.0308. The Bertz CT molecular complexity index is 3800. The lowest BCUT2D eigenvalue weighted by atomic mass is 9.89. The molecule has 0 bridgehead atoms. The summed E-state index contributed by atoms with van der Waals surface area (Å²) >= 11 is 6.01. The van der Waals surface area contributed by atoms with E-state index in [0.717, 1.165) is 148 Å². The highest BCUT2D eigenvalue weighted by Crippen LogP contribution is 2.38. The second-order valence-corrected chi connectivity index (χ2v) is 23.4. The van der Waals surface area contributed by atoms with Crippen LogP contribution in [-0.4, -0.2) is 161 Å². The van der Waals surface area contributed by atoms with Crippen molar-refractivity contribution in [3.63, 3.8) is 0 Å². The molecule has 0 saturated carbocycles. The number of halogens is 1. The third kappa shape index (κ3) is 12.3. The Morgan fingerprint density at radius 1 is 0.598 bits per heavy atom. The minimum atomic E-state index is -0.356. The van der Waals surface area contributed by atoms with Crippen LogP contribution in [-0.2, 0) is 44.6 Å². The Balaban J connectivity index is 0.000000136. The molecule has 4 N–H and O–H groups in total. The highest BCUT2D eigenvalue weighted by atomic mass is 35.5. The van der Waals surface area contributed by atoms with Crippen LogP contribution < -0.4 is 10.6 Å². The van der Waals surface area contributed by atoms with Gasteiger partial charge < -0.3 is 49.5 Å². The first-order valence-corrected chi connectivity index (χ1v) is 28.7. The standard InChI is InChI=1S/C29H29N5O2.C21H31BN2O3.C14H10ClN3O/c1-33-11-13-34(14-12-33)26(35)16-20-4-2-3-19(15-20)5-7-22-17-24-21(18-31-22)6-8-23-27-25(32-28(23)24)9-10-30-29(27)36;1-20(2)21(3,4)27-22(26-20)10-9-17-7-6-8-18(15-17)16-19(25)24-13-11-23(5)12-14-24;15-11-5-9-7(6-17-11)1-2-8-12-10(18-13(8)9)3-4-16-14(12)19/h2-8,15,17-18,31H,9-14,16H2,1H3,(H,30,36);6-10,15H,11-14,16H2,1-5H3;1-2,5-6,17H,3-4H2,(H,16,19)/b7-5+;10-9+;. The quantitative estimate of drug-likeness (QED) is 0.0849. The van der Waals surface area contributed by atoms with Gasteiger partial charge in [0, 0.05) is 123 Å². The van der Waals surface area contributed by atoms with Crippen LogP contribution in [0.1, 0.15) is 87.7 Å². The fourth-order valence-corrected chi connectivity index (χ4v) is 11.3. The number of aromatic nitrogens is 4. The molecule has 0 spiro atoms. The molecule has 5 aliphatic rings. The minimum Gasteiger partial charge on any atom is -0.400 e. The third-order valence-electron chi connectivity index (χ3n) is 16.7. The third-order valence-corrected chi connectivity index (χ3v) is 16.9. The van der Waals surface area contributed by atoms with Gasteiger partial charge in [-0.2, -0.15) is 0 Å². The van der Waals surface area contributed by atoms with Gasteiger partial charge in [0.15, 0.2) is 0 Å². The second kappa shape index (κ2) is 23.7. The number of H-pyrrole nitrogens is 2. The summed E-state index contributed by atoms with van der Waals surface area (Å²) in [5.41, 5.74) is 9.36. The van der Waals surface area contributed by atoms with Gasteiger partial charge in [-0.3, -0.25) is 29.1 Å². The number of piperazine rings is 2. The van der Waals surface area contributed by atoms with Crippen LogP contribution in [0.15, 0.2) is 103 Å². The number of likely N-dealkylation sites (N-methyl/N-ethyl adjacent to an activating group) is 2. The lowest BCUT2D eigenvalue weighted by Crippen LogP contribution is -2.47. The van der Waals surface area contributed by atoms with Crippen LogP contribution in [0.25, 0.3) is 61.6 Å². The molecule has 4 aromatic heterocycles. The molecular formula is C64H70BClN10O6. The van der Waals surface area contributed by atoms with Crippen LogP contribution in [0.4, 0.5) is 0 Å². The van der Waals surface area contributed by atoms with Crippen LogP contribution in [0.3, 0.4) is 0 Å². The molecule has 16 nitrogen and oxygen atoms in total. The molecule has 0 unspecified atom stereocenters. The molecule has 0 aliphatic carbocycles. The molecule has 8 aromatic rings. The van der Waals surface area contributed by atoms with Crippen molar-refractivity contribution >= 4 is 104 Å². The van der Waals surface area contributed by atoms with Crippen LogP contribution in [0.5, 0.6) is 0 Å². The van der Waals surface area contributed by atoms with Crippen LogP contribution in [0.2, 0.25) is 5.15 Å². The summed E-state index contributed by atoms with van der Waals surface area (Å²) in [5, 5.41) is 12.3. The van der Waals surface area contributed by atoms with Gasteiger partial charge in [0.05, 0.1) is 57.6 Å². The Morgan fingerprint density at radius 2 is 1.07 bits per heavy atom. The van der Waals surface area contributed by atoms with Crippen molar-refractivity contribution in [2.24, 2.45) is 0 Å². The van der Waals surface area contributed by atoms with Crippen molar-refractivity contribution in [1.29, 1.82) is 0 Å². The van der Waals surface area contributed by atoms with E-state index in [-0.39, 0.29) is 41.9 Å². The van der Waals surface area contributed by atoms with Crippen molar-refractivity contribution in [3.05, 3.63) is 159 Å². The van der Waals surface area contributed by atoms with Crippen molar-refractivity contribution in [1.82, 2.24) is 50.2 Å². The molecular weight excluding hydrogens is 1050 g/mol. The van der Waals surface area contributed by atoms with E-state index in [4.69, 9.17) is 25.9 Å². The summed E-state index contributed by atoms with van der Waals surface area (Å²) in [6, 6.07) is 28.2. The van der Waals surface area contributed by atoms with Crippen molar-refractivity contribution in [2.75, 3.05) is 79.5 Å². The normalized spacial score (nSPS) is 18.1. The van der Waals surface area contributed by atoms with Gasteiger partial charge in [-0.15, -0.1) is 0 Å². The summed E-state index contributed by atoms with van der Waals surface area (Å²) in [6.45, 7) is 16.5. The smallest absolute Gasteiger partial charge is 0.400 e. The average molecular weight is 1120 g/mol. The van der Waals surface area contributed by atoms with Gasteiger partial charge >= 0.3 is 7.12 Å². The summed E-state index contributed by atoms with van der Waals surface area (Å²) in [5.74, 6) is 2.27. The number of nitrogens with one attached hydrogen (secondary N) is 4. The fraction of sp³-hybridized carbons (Fsp3) is 0.344. The van der Waals surface area contributed by atoms with Gasteiger partial charge in [-0.1, -0.05) is 103 Å². The van der Waals surface area contributed by atoms with Crippen molar-refractivity contribution < 1.29 is 28.5 Å². The van der Waals surface area contributed by atoms with Gasteiger partial charge in [0.25, 0.3) is 11.8 Å². The Hall–Kier alpha value is -7.67. The Morgan fingerprint density at radius 3 is 1.59 bits per heavy atom. The molecule has 4 amide bonds. The molecule has 0 atom stereocenters. The summed E-state index contributed by atoms with van der Waals surface area (Å²) in [7, 11) is 3.83. The van der Waals surface area contributed by atoms with Crippen LogP contribution >= 0.6 is 11.6 Å². The van der Waals surface area contributed by atoms with Gasteiger partial charge in [-0.25, -0.2) is 0 Å². The van der Waals surface area contributed by atoms with Gasteiger partial charge in [-0.05, 0) is 87.6 Å². The predicted octanol–water partition coefficient (Wildman–Crippen LogP) is 8.79. The first-order chi connectivity index (χ1) is 39.4. The number of fused-ring (bicyclic) bond motifs is 10. The lowest BCUT2D eigenvalue weighted by Gasteiger charge is -2.32. The molecule has 422 valence electrons. The number of carbonyl (C=O) groups excluding carboxylic acids is 4. The maximum atomic E-state index is 12.7. The summed E-state index contributed by atoms with van der Waals surface area (Å²) in [4.78, 5) is 73.9. The number of hydrogen-bond donors (Lipinski definition) is 4. The van der Waals surface area contributed by atoms with E-state index in [0.29, 0.717) is 42.2 Å². The Kier molecular flexibility index (Phi) is 16.2. The maximum Gasteiger partial charge on any atom is 0.487 e. The number of aromatic amines is 2. The highest BCUT2D eigenvalue weighted by molar-refractivity contribution is 6.52. The number of nitrogens with zero attached hydrogens (tertiary/aromatic N) is 6. The molecule has 3 fully saturated rings. The number of pyridine rings is 2. The highest BCUT2D eigenvalue weighted by Gasteiger charge is 2.50. The van der Waals surface area contributed by atoms with Crippen LogP contribution in [0, 0.1) is 0 Å². The lowest BCUT2D eigenvalue weighted by molar-refractivity contribution is -0.132. The molecule has 0 radical (unpaired) electrons. The summed E-state index contributed by atoms with van der Waals surface area (Å²) < 4.78 is 12.0. The van der Waals surface area contributed by atoms with E-state index in [1.165, 1.54) is 0 Å². The zero-order valence-corrected chi connectivity index (χ0v) is 48.3. The van der Waals surface area contributed by atoms with E-state index in [1.807, 2.05) is 135 Å². The first-order valence-electron chi connectivity index (χ1n) is 28.4. The zero-order valence-electron chi connectivity index (χ0n) is 47.5. The molecule has 13 rings (SSSR count). The van der Waals surface area contributed by atoms with E-state index < -0.39 is 0 Å². The monoisotopic (exact) mass is 1120 g/mol. The Labute approximate surface area is 483 Å². The molecule has 4 aromatic carbocycles. The molecule has 5 aliphatic heterocycles. The molecule has 9 heterocycles. The van der Waals surface area contributed by atoms with E-state index in [1.54, 1.807) is 0 Å². The largest absolute Gasteiger partial charge is 0.487 e. The SMILES string of the molecule is CN1CCN(C(=O)Cc2cccc(/C=C/B3OC(C)(C)C(C)(C)O3)c2)CC1.CN1CCN(C(=O)Cc2cccc(/C=C/c3cc4c(ccc5c6c(nc54)CCNC6=O)c[nH]3)c2)CC1.O=C1NCCc2nc3c(ccc4c[nH]c(Cl)cc43)c21. The predicted molar refractivity (Wildman–Crippen MR) is 327 cm³/mol. The topological polar surface area (TPSA) is 181 Å². The van der Waals surface area contributed by atoms with Crippen molar-refractivity contribution in [3.8, 4) is 0 Å². The fourth-order valence-electron chi connectivity index (χ4n) is 11.2.